The van der Waals surface area contributed by atoms with Gasteiger partial charge in [0.1, 0.15) is 5.75 Å². The Kier molecular flexibility index (Phi) is 7.45. The van der Waals surface area contributed by atoms with Crippen LogP contribution in [0.2, 0.25) is 0 Å². The van der Waals surface area contributed by atoms with E-state index in [1.165, 1.54) is 0 Å². The number of nitrogens with one attached hydrogen (secondary N) is 1. The Morgan fingerprint density at radius 2 is 1.76 bits per heavy atom. The minimum absolute atomic E-state index is 0.0120. The van der Waals surface area contributed by atoms with E-state index in [0.29, 0.717) is 39.1 Å². The van der Waals surface area contributed by atoms with Gasteiger partial charge in [0.25, 0.3) is 0 Å². The summed E-state index contributed by atoms with van der Waals surface area (Å²) in [5, 5.41) is 3.01. The first-order chi connectivity index (χ1) is 14.2. The summed E-state index contributed by atoms with van der Waals surface area (Å²) in [5.74, 6) is 0.856. The lowest BCUT2D eigenvalue weighted by molar-refractivity contribution is -0.132. The molecule has 1 fully saturated rings. The molecule has 0 atom stereocenters. The van der Waals surface area contributed by atoms with Gasteiger partial charge in [-0.1, -0.05) is 42.5 Å². The minimum Gasteiger partial charge on any atom is -0.494 e. The fourth-order valence-corrected chi connectivity index (χ4v) is 3.41. The monoisotopic (exact) mass is 392 g/mol. The van der Waals surface area contributed by atoms with Crippen molar-refractivity contribution in [3.63, 3.8) is 0 Å². The van der Waals surface area contributed by atoms with Crippen molar-refractivity contribution in [1.29, 1.82) is 0 Å². The van der Waals surface area contributed by atoms with Crippen LogP contribution in [0.1, 0.15) is 30.9 Å². The molecule has 0 saturated carbocycles. The molecule has 5 nitrogen and oxygen atoms in total. The summed E-state index contributed by atoms with van der Waals surface area (Å²) in [6, 6.07) is 17.5. The number of hydrogen-bond donors (Lipinski definition) is 1. The van der Waals surface area contributed by atoms with E-state index in [9.17, 15) is 9.59 Å². The lowest BCUT2D eigenvalue weighted by atomic mass is 9.95. The van der Waals surface area contributed by atoms with Gasteiger partial charge in [-0.2, -0.15) is 0 Å². The van der Waals surface area contributed by atoms with Gasteiger partial charge in [0.05, 0.1) is 6.61 Å². The molecule has 0 unspecified atom stereocenters. The number of likely N-dealkylation sites (tertiary alicyclic amines) is 1. The smallest absolute Gasteiger partial charge is 0.246 e. The molecule has 1 heterocycles. The Hall–Kier alpha value is -3.08. The van der Waals surface area contributed by atoms with Gasteiger partial charge in [-0.05, 0) is 49.1 Å². The summed E-state index contributed by atoms with van der Waals surface area (Å²) in [4.78, 5) is 26.6. The number of benzene rings is 2. The van der Waals surface area contributed by atoms with Gasteiger partial charge in [-0.15, -0.1) is 0 Å². The highest BCUT2D eigenvalue weighted by Crippen LogP contribution is 2.18. The van der Waals surface area contributed by atoms with E-state index in [1.54, 1.807) is 6.08 Å². The molecule has 3 rings (SSSR count). The zero-order valence-electron chi connectivity index (χ0n) is 16.8. The van der Waals surface area contributed by atoms with Crippen LogP contribution in [0.25, 0.3) is 6.08 Å². The first-order valence-electron chi connectivity index (χ1n) is 10.2. The number of hydrogen-bond acceptors (Lipinski definition) is 3. The molecule has 5 heteroatoms. The molecule has 152 valence electrons. The predicted octanol–water partition coefficient (Wildman–Crippen LogP) is 3.65. The van der Waals surface area contributed by atoms with E-state index >= 15 is 0 Å². The average molecular weight is 392 g/mol. The van der Waals surface area contributed by atoms with Crippen molar-refractivity contribution in [1.82, 2.24) is 10.2 Å². The third-order valence-electron chi connectivity index (χ3n) is 5.10. The van der Waals surface area contributed by atoms with Crippen LogP contribution in [0, 0.1) is 5.92 Å². The molecular formula is C24H28N2O3. The number of amides is 2. The third-order valence-corrected chi connectivity index (χ3v) is 5.10. The summed E-state index contributed by atoms with van der Waals surface area (Å²) in [6.07, 6.45) is 4.81. The summed E-state index contributed by atoms with van der Waals surface area (Å²) >= 11 is 0. The fourth-order valence-electron chi connectivity index (χ4n) is 3.41. The zero-order chi connectivity index (χ0) is 20.5. The van der Waals surface area contributed by atoms with Gasteiger partial charge < -0.3 is 15.0 Å². The summed E-state index contributed by atoms with van der Waals surface area (Å²) in [5.41, 5.74) is 2.05. The zero-order valence-corrected chi connectivity index (χ0v) is 16.8. The largest absolute Gasteiger partial charge is 0.494 e. The van der Waals surface area contributed by atoms with Gasteiger partial charge >= 0.3 is 0 Å². The minimum atomic E-state index is -0.0298. The number of ether oxygens (including phenoxy) is 1. The molecule has 0 radical (unpaired) electrons. The van der Waals surface area contributed by atoms with E-state index < -0.39 is 0 Å². The molecule has 1 N–H and O–H groups in total. The highest BCUT2D eigenvalue weighted by atomic mass is 16.5. The summed E-state index contributed by atoms with van der Waals surface area (Å²) in [6.45, 7) is 4.34. The van der Waals surface area contributed by atoms with Crippen LogP contribution in [0.3, 0.4) is 0 Å². The predicted molar refractivity (Wildman–Crippen MR) is 114 cm³/mol. The molecule has 1 saturated heterocycles. The molecule has 0 aromatic heterocycles. The van der Waals surface area contributed by atoms with Crippen LogP contribution in [-0.2, 0) is 16.1 Å². The molecule has 2 aromatic rings. The normalized spacial score (nSPS) is 14.7. The third kappa shape index (κ3) is 6.21. The van der Waals surface area contributed by atoms with Crippen LogP contribution >= 0.6 is 0 Å². The second kappa shape index (κ2) is 10.5. The van der Waals surface area contributed by atoms with E-state index in [4.69, 9.17) is 4.74 Å². The van der Waals surface area contributed by atoms with E-state index in [-0.39, 0.29) is 17.7 Å². The van der Waals surface area contributed by atoms with Crippen LogP contribution < -0.4 is 10.1 Å². The molecule has 1 aliphatic heterocycles. The van der Waals surface area contributed by atoms with Crippen molar-refractivity contribution in [2.45, 2.75) is 26.3 Å². The molecule has 0 spiro atoms. The van der Waals surface area contributed by atoms with Crippen LogP contribution in [-0.4, -0.2) is 36.4 Å². The van der Waals surface area contributed by atoms with Crippen molar-refractivity contribution >= 4 is 17.9 Å². The highest BCUT2D eigenvalue weighted by Gasteiger charge is 2.26. The maximum Gasteiger partial charge on any atom is 0.246 e. The topological polar surface area (TPSA) is 58.6 Å². The van der Waals surface area contributed by atoms with Gasteiger partial charge in [0, 0.05) is 31.6 Å². The molecule has 0 bridgehead atoms. The van der Waals surface area contributed by atoms with Gasteiger partial charge in [-0.25, -0.2) is 0 Å². The molecule has 1 aliphatic rings. The second-order valence-electron chi connectivity index (χ2n) is 7.14. The number of piperidine rings is 1. The van der Waals surface area contributed by atoms with Crippen molar-refractivity contribution in [2.75, 3.05) is 19.7 Å². The van der Waals surface area contributed by atoms with Gasteiger partial charge in [-0.3, -0.25) is 9.59 Å². The van der Waals surface area contributed by atoms with E-state index in [2.05, 4.69) is 5.32 Å². The maximum atomic E-state index is 12.4. The van der Waals surface area contributed by atoms with Crippen molar-refractivity contribution in [2.24, 2.45) is 5.92 Å². The highest BCUT2D eigenvalue weighted by molar-refractivity contribution is 5.92. The lowest BCUT2D eigenvalue weighted by Crippen LogP contribution is -2.42. The molecular weight excluding hydrogens is 364 g/mol. The Balaban J connectivity index is 1.43. The van der Waals surface area contributed by atoms with Crippen LogP contribution in [0.15, 0.2) is 60.7 Å². The number of rotatable bonds is 7. The Bertz CT molecular complexity index is 823. The maximum absolute atomic E-state index is 12.4. The first-order valence-corrected chi connectivity index (χ1v) is 10.2. The van der Waals surface area contributed by atoms with Gasteiger partial charge in [0.2, 0.25) is 11.8 Å². The summed E-state index contributed by atoms with van der Waals surface area (Å²) in [7, 11) is 0. The first kappa shape index (κ1) is 20.6. The number of carbonyl (C=O) groups excluding carboxylic acids is 2. The quantitative estimate of drug-likeness (QED) is 0.732. The molecule has 2 aromatic carbocycles. The number of carbonyl (C=O) groups is 2. The van der Waals surface area contributed by atoms with E-state index in [0.717, 1.165) is 16.9 Å². The standard InChI is InChI=1S/C24H28N2O3/c1-2-29-22-11-8-19(9-12-22)10-13-23(27)26-16-14-21(15-17-26)24(28)25-18-20-6-4-3-5-7-20/h3-13,21H,2,14-18H2,1H3,(H,25,28)/b13-10+. The SMILES string of the molecule is CCOc1ccc(/C=C/C(=O)N2CCC(C(=O)NCc3ccccc3)CC2)cc1. The average Bonchev–Trinajstić information content (AvgIpc) is 2.78. The lowest BCUT2D eigenvalue weighted by Gasteiger charge is -2.30. The van der Waals surface area contributed by atoms with Crippen LogP contribution in [0.5, 0.6) is 5.75 Å². The molecule has 2 amide bonds. The Labute approximate surface area is 172 Å². The van der Waals surface area contributed by atoms with Crippen molar-refractivity contribution < 1.29 is 14.3 Å². The van der Waals surface area contributed by atoms with Crippen LogP contribution in [0.4, 0.5) is 0 Å². The molecule has 0 aliphatic carbocycles. The summed E-state index contributed by atoms with van der Waals surface area (Å²) < 4.78 is 5.42. The number of nitrogens with zero attached hydrogens (tertiary/aromatic N) is 1. The fraction of sp³-hybridized carbons (Fsp3) is 0.333. The van der Waals surface area contributed by atoms with Gasteiger partial charge in [0.15, 0.2) is 0 Å². The molecule has 29 heavy (non-hydrogen) atoms. The Morgan fingerprint density at radius 1 is 1.07 bits per heavy atom. The van der Waals surface area contributed by atoms with Crippen molar-refractivity contribution in [3.05, 3.63) is 71.8 Å². The van der Waals surface area contributed by atoms with E-state index in [1.807, 2.05) is 72.5 Å². The Morgan fingerprint density at radius 3 is 2.41 bits per heavy atom. The van der Waals surface area contributed by atoms with Crippen molar-refractivity contribution in [3.8, 4) is 5.75 Å². The second-order valence-corrected chi connectivity index (χ2v) is 7.14.